The Morgan fingerprint density at radius 3 is 2.36 bits per heavy atom. The molecule has 1 atom stereocenters. The maximum absolute atomic E-state index is 5.78. The summed E-state index contributed by atoms with van der Waals surface area (Å²) in [5.41, 5.74) is 5.78. The molecule has 1 unspecified atom stereocenters. The third-order valence-corrected chi connectivity index (χ3v) is 1.95. The Balaban J connectivity index is 3.01. The molecule has 0 radical (unpaired) electrons. The number of nitrogens with two attached hydrogens (primary N) is 1. The number of hydrogen-bond acceptors (Lipinski definition) is 2. The molecule has 0 aromatic heterocycles. The summed E-state index contributed by atoms with van der Waals surface area (Å²) < 4.78 is 0. The van der Waals surface area contributed by atoms with Crippen LogP contribution in [0.15, 0.2) is 0 Å². The molecule has 0 spiro atoms. The molecule has 2 N–H and O–H groups in total. The summed E-state index contributed by atoms with van der Waals surface area (Å²) in [6.07, 6.45) is 4.85. The molecule has 0 aromatic carbocycles. The van der Waals surface area contributed by atoms with Gasteiger partial charge in [-0.2, -0.15) is 0 Å². The van der Waals surface area contributed by atoms with Crippen LogP contribution in [0, 0.1) is 0 Å². The average Bonchev–Trinajstić information content (AvgIpc) is 1.97. The van der Waals surface area contributed by atoms with E-state index in [0.717, 1.165) is 6.42 Å². The van der Waals surface area contributed by atoms with E-state index in [0.29, 0.717) is 6.04 Å². The molecule has 2 heteroatoms. The molecule has 0 amide bonds. The minimum Gasteiger partial charge on any atom is -0.328 e. The van der Waals surface area contributed by atoms with Gasteiger partial charge in [0.25, 0.3) is 0 Å². The van der Waals surface area contributed by atoms with Crippen molar-refractivity contribution in [3.05, 3.63) is 0 Å². The Morgan fingerprint density at radius 1 is 1.27 bits per heavy atom. The fourth-order valence-corrected chi connectivity index (χ4v) is 1.04. The number of rotatable bonds is 6. The van der Waals surface area contributed by atoms with Gasteiger partial charge in [-0.25, -0.2) is 0 Å². The lowest BCUT2D eigenvalue weighted by Gasteiger charge is -2.11. The zero-order valence-corrected chi connectivity index (χ0v) is 8.14. The number of unbranched alkanes of at least 4 members (excludes halogenated alkanes) is 1. The first kappa shape index (κ1) is 10.9. The van der Waals surface area contributed by atoms with Gasteiger partial charge in [-0.05, 0) is 39.9 Å². The highest BCUT2D eigenvalue weighted by Gasteiger charge is 1.98. The monoisotopic (exact) mass is 158 g/mol. The third kappa shape index (κ3) is 7.82. The smallest absolute Gasteiger partial charge is 0.00362 e. The highest BCUT2D eigenvalue weighted by molar-refractivity contribution is 4.58. The second-order valence-corrected chi connectivity index (χ2v) is 3.47. The zero-order valence-electron chi connectivity index (χ0n) is 8.14. The van der Waals surface area contributed by atoms with E-state index in [1.807, 2.05) is 0 Å². The van der Waals surface area contributed by atoms with Crippen molar-refractivity contribution in [1.29, 1.82) is 0 Å². The minimum absolute atomic E-state index is 0.428. The maximum atomic E-state index is 5.78. The quantitative estimate of drug-likeness (QED) is 0.593. The van der Waals surface area contributed by atoms with Gasteiger partial charge in [0.2, 0.25) is 0 Å². The SMILES string of the molecule is CCC(N)CCCCN(C)C. The third-order valence-electron chi connectivity index (χ3n) is 1.95. The highest BCUT2D eigenvalue weighted by Crippen LogP contribution is 2.01. The van der Waals surface area contributed by atoms with Crippen LogP contribution >= 0.6 is 0 Å². The molecule has 2 nitrogen and oxygen atoms in total. The molecule has 0 aliphatic carbocycles. The van der Waals surface area contributed by atoms with Crippen LogP contribution in [0.2, 0.25) is 0 Å². The summed E-state index contributed by atoms with van der Waals surface area (Å²) in [6, 6.07) is 0.428. The van der Waals surface area contributed by atoms with Crippen molar-refractivity contribution in [2.45, 2.75) is 38.6 Å². The van der Waals surface area contributed by atoms with Crippen LogP contribution < -0.4 is 5.73 Å². The predicted molar refractivity (Wildman–Crippen MR) is 50.7 cm³/mol. The summed E-state index contributed by atoms with van der Waals surface area (Å²) in [5.74, 6) is 0. The minimum atomic E-state index is 0.428. The molecule has 0 rings (SSSR count). The molecule has 0 aromatic rings. The van der Waals surface area contributed by atoms with Crippen LogP contribution in [0.4, 0.5) is 0 Å². The van der Waals surface area contributed by atoms with Gasteiger partial charge in [-0.1, -0.05) is 13.3 Å². The Bertz CT molecular complexity index is 81.6. The molecule has 0 aliphatic rings. The van der Waals surface area contributed by atoms with Crippen LogP contribution in [-0.2, 0) is 0 Å². The lowest BCUT2D eigenvalue weighted by Crippen LogP contribution is -2.19. The van der Waals surface area contributed by atoms with Gasteiger partial charge in [0.1, 0.15) is 0 Å². The Kier molecular flexibility index (Phi) is 6.57. The van der Waals surface area contributed by atoms with Crippen LogP contribution in [0.3, 0.4) is 0 Å². The maximum Gasteiger partial charge on any atom is 0.00362 e. The number of nitrogens with zero attached hydrogens (tertiary/aromatic N) is 1. The van der Waals surface area contributed by atoms with Gasteiger partial charge in [0, 0.05) is 6.04 Å². The molecule has 68 valence electrons. The van der Waals surface area contributed by atoms with Gasteiger partial charge in [0.15, 0.2) is 0 Å². The molecule has 0 saturated heterocycles. The zero-order chi connectivity index (χ0) is 8.69. The summed E-state index contributed by atoms with van der Waals surface area (Å²) in [6.45, 7) is 3.34. The van der Waals surface area contributed by atoms with Crippen molar-refractivity contribution in [3.8, 4) is 0 Å². The molecule has 0 bridgehead atoms. The summed E-state index contributed by atoms with van der Waals surface area (Å²) in [5, 5.41) is 0. The first-order chi connectivity index (χ1) is 5.16. The van der Waals surface area contributed by atoms with E-state index in [1.165, 1.54) is 25.8 Å². The molecule has 0 fully saturated rings. The van der Waals surface area contributed by atoms with Gasteiger partial charge in [-0.3, -0.25) is 0 Å². The van der Waals surface area contributed by atoms with E-state index in [1.54, 1.807) is 0 Å². The molecular formula is C9H22N2. The Morgan fingerprint density at radius 2 is 1.91 bits per heavy atom. The highest BCUT2D eigenvalue weighted by atomic mass is 15.0. The van der Waals surface area contributed by atoms with E-state index in [-0.39, 0.29) is 0 Å². The molecule has 0 saturated carbocycles. The lowest BCUT2D eigenvalue weighted by molar-refractivity contribution is 0.386. The van der Waals surface area contributed by atoms with Crippen molar-refractivity contribution in [2.75, 3.05) is 20.6 Å². The largest absolute Gasteiger partial charge is 0.328 e. The first-order valence-corrected chi connectivity index (χ1v) is 4.57. The van der Waals surface area contributed by atoms with Gasteiger partial charge in [-0.15, -0.1) is 0 Å². The van der Waals surface area contributed by atoms with Gasteiger partial charge < -0.3 is 10.6 Å². The second kappa shape index (κ2) is 6.62. The Hall–Kier alpha value is -0.0800. The van der Waals surface area contributed by atoms with Crippen molar-refractivity contribution in [3.63, 3.8) is 0 Å². The number of hydrogen-bond donors (Lipinski definition) is 1. The van der Waals surface area contributed by atoms with E-state index in [4.69, 9.17) is 5.73 Å². The molecule has 11 heavy (non-hydrogen) atoms. The first-order valence-electron chi connectivity index (χ1n) is 4.57. The van der Waals surface area contributed by atoms with Crippen molar-refractivity contribution >= 4 is 0 Å². The van der Waals surface area contributed by atoms with E-state index < -0.39 is 0 Å². The summed E-state index contributed by atoms with van der Waals surface area (Å²) >= 11 is 0. The van der Waals surface area contributed by atoms with E-state index in [9.17, 15) is 0 Å². The fraction of sp³-hybridized carbons (Fsp3) is 1.00. The van der Waals surface area contributed by atoms with E-state index in [2.05, 4.69) is 25.9 Å². The Labute approximate surface area is 70.8 Å². The molecular weight excluding hydrogens is 136 g/mol. The van der Waals surface area contributed by atoms with Crippen LogP contribution in [-0.4, -0.2) is 31.6 Å². The average molecular weight is 158 g/mol. The van der Waals surface area contributed by atoms with Crippen molar-refractivity contribution < 1.29 is 0 Å². The standard InChI is InChI=1S/C9H22N2/c1-4-9(10)7-5-6-8-11(2)3/h9H,4-8,10H2,1-3H3. The van der Waals surface area contributed by atoms with E-state index >= 15 is 0 Å². The predicted octanol–water partition coefficient (Wildman–Crippen LogP) is 1.46. The van der Waals surface area contributed by atoms with Gasteiger partial charge in [0.05, 0.1) is 0 Å². The van der Waals surface area contributed by atoms with Crippen molar-refractivity contribution in [2.24, 2.45) is 5.73 Å². The van der Waals surface area contributed by atoms with Gasteiger partial charge >= 0.3 is 0 Å². The van der Waals surface area contributed by atoms with Crippen LogP contribution in [0.25, 0.3) is 0 Å². The second-order valence-electron chi connectivity index (χ2n) is 3.47. The van der Waals surface area contributed by atoms with Crippen molar-refractivity contribution in [1.82, 2.24) is 4.90 Å². The summed E-state index contributed by atoms with van der Waals surface area (Å²) in [4.78, 5) is 2.22. The normalized spacial score (nSPS) is 13.9. The topological polar surface area (TPSA) is 29.3 Å². The molecule has 0 heterocycles. The summed E-state index contributed by atoms with van der Waals surface area (Å²) in [7, 11) is 4.22. The van der Waals surface area contributed by atoms with Crippen LogP contribution in [0.5, 0.6) is 0 Å². The van der Waals surface area contributed by atoms with Crippen LogP contribution in [0.1, 0.15) is 32.6 Å². The molecule has 0 aliphatic heterocycles. The fourth-order valence-electron chi connectivity index (χ4n) is 1.04. The lowest BCUT2D eigenvalue weighted by atomic mass is 10.1.